The molecule has 1 aromatic carbocycles. The number of hydrogen-bond acceptors (Lipinski definition) is 3. The smallest absolute Gasteiger partial charge is 0.180 e. The molecule has 0 atom stereocenters. The molecule has 5 heteroatoms. The Labute approximate surface area is 121 Å². The Bertz CT molecular complexity index is 424. The van der Waals surface area contributed by atoms with Gasteiger partial charge in [-0.1, -0.05) is 41.0 Å². The first-order valence-electron chi connectivity index (χ1n) is 5.61. The molecule has 0 bridgehead atoms. The number of rotatable bonds is 7. The number of hydrogen-bond donors (Lipinski definition) is 1. The molecule has 0 aromatic heterocycles. The van der Waals surface area contributed by atoms with Crippen LogP contribution in [0.4, 0.5) is 0 Å². The van der Waals surface area contributed by atoms with E-state index in [2.05, 4.69) is 34.7 Å². The summed E-state index contributed by atoms with van der Waals surface area (Å²) in [6, 6.07) is 3.79. The molecule has 100 valence electrons. The molecule has 3 nitrogen and oxygen atoms in total. The van der Waals surface area contributed by atoms with Gasteiger partial charge in [-0.05, 0) is 24.2 Å². The molecule has 1 aromatic rings. The van der Waals surface area contributed by atoms with E-state index in [4.69, 9.17) is 21.1 Å². The van der Waals surface area contributed by atoms with Crippen molar-refractivity contribution in [3.05, 3.63) is 33.8 Å². The largest absolute Gasteiger partial charge is 0.493 e. The number of nitrogens with one attached hydrogen (secondary N) is 1. The van der Waals surface area contributed by atoms with Gasteiger partial charge in [-0.25, -0.2) is 0 Å². The normalized spacial score (nSPS) is 10.2. The molecule has 1 N–H and O–H groups in total. The summed E-state index contributed by atoms with van der Waals surface area (Å²) in [7, 11) is 1.60. The first kappa shape index (κ1) is 15.3. The van der Waals surface area contributed by atoms with E-state index in [9.17, 15) is 0 Å². The third kappa shape index (κ3) is 4.52. The quantitative estimate of drug-likeness (QED) is 0.824. The van der Waals surface area contributed by atoms with E-state index in [-0.39, 0.29) is 0 Å². The van der Waals surface area contributed by atoms with E-state index >= 15 is 0 Å². The van der Waals surface area contributed by atoms with Crippen LogP contribution in [-0.4, -0.2) is 20.3 Å². The lowest BCUT2D eigenvalue weighted by Crippen LogP contribution is -2.12. The van der Waals surface area contributed by atoms with Crippen LogP contribution in [0.1, 0.15) is 12.5 Å². The third-order valence-electron chi connectivity index (χ3n) is 2.24. The summed E-state index contributed by atoms with van der Waals surface area (Å²) in [5.41, 5.74) is 1.06. The van der Waals surface area contributed by atoms with Crippen LogP contribution in [0.3, 0.4) is 0 Å². The second-order valence-electron chi connectivity index (χ2n) is 3.70. The maximum Gasteiger partial charge on any atom is 0.180 e. The van der Waals surface area contributed by atoms with Crippen molar-refractivity contribution in [3.63, 3.8) is 0 Å². The third-order valence-corrected chi connectivity index (χ3v) is 2.75. The van der Waals surface area contributed by atoms with Crippen LogP contribution >= 0.6 is 27.5 Å². The van der Waals surface area contributed by atoms with Gasteiger partial charge in [-0.2, -0.15) is 0 Å². The van der Waals surface area contributed by atoms with Crippen LogP contribution in [-0.2, 0) is 6.54 Å². The average molecular weight is 335 g/mol. The van der Waals surface area contributed by atoms with E-state index in [1.165, 1.54) is 0 Å². The number of ether oxygens (including phenoxy) is 2. The van der Waals surface area contributed by atoms with Crippen molar-refractivity contribution in [2.45, 2.75) is 13.5 Å². The van der Waals surface area contributed by atoms with Gasteiger partial charge in [0.2, 0.25) is 0 Å². The maximum absolute atomic E-state index is 6.20. The fourth-order valence-corrected chi connectivity index (χ4v) is 1.84. The summed E-state index contributed by atoms with van der Waals surface area (Å²) in [6.45, 7) is 7.77. The van der Waals surface area contributed by atoms with Crippen molar-refractivity contribution < 1.29 is 9.47 Å². The van der Waals surface area contributed by atoms with Crippen molar-refractivity contribution in [1.29, 1.82) is 0 Å². The zero-order valence-electron chi connectivity index (χ0n) is 10.6. The molecule has 0 saturated carbocycles. The SMILES string of the molecule is C=C(Br)COc1c(Cl)cc(CNCC)cc1OC. The first-order chi connectivity index (χ1) is 8.58. The van der Waals surface area contributed by atoms with E-state index in [1.54, 1.807) is 7.11 Å². The fourth-order valence-electron chi connectivity index (χ4n) is 1.44. The number of halogens is 2. The van der Waals surface area contributed by atoms with E-state index < -0.39 is 0 Å². The highest BCUT2D eigenvalue weighted by atomic mass is 79.9. The Morgan fingerprint density at radius 3 is 2.78 bits per heavy atom. The van der Waals surface area contributed by atoms with Crippen LogP contribution in [0.5, 0.6) is 11.5 Å². The Morgan fingerprint density at radius 2 is 2.22 bits per heavy atom. The topological polar surface area (TPSA) is 30.5 Å². The van der Waals surface area contributed by atoms with Gasteiger partial charge < -0.3 is 14.8 Å². The summed E-state index contributed by atoms with van der Waals surface area (Å²) in [5, 5.41) is 3.77. The number of methoxy groups -OCH3 is 1. The van der Waals surface area contributed by atoms with Gasteiger partial charge >= 0.3 is 0 Å². The Balaban J connectivity index is 2.92. The van der Waals surface area contributed by atoms with Crippen LogP contribution in [0.25, 0.3) is 0 Å². The summed E-state index contributed by atoms with van der Waals surface area (Å²) < 4.78 is 11.6. The molecular weight excluding hydrogens is 318 g/mol. The van der Waals surface area contributed by atoms with Crippen molar-refractivity contribution in [2.24, 2.45) is 0 Å². The van der Waals surface area contributed by atoms with E-state index in [0.717, 1.165) is 23.1 Å². The molecule has 0 unspecified atom stereocenters. The van der Waals surface area contributed by atoms with Crippen molar-refractivity contribution in [3.8, 4) is 11.5 Å². The molecule has 0 spiro atoms. The minimum absolute atomic E-state index is 0.350. The van der Waals surface area contributed by atoms with Gasteiger partial charge in [-0.3, -0.25) is 0 Å². The molecule has 18 heavy (non-hydrogen) atoms. The molecule has 1 rings (SSSR count). The minimum Gasteiger partial charge on any atom is -0.493 e. The second kappa shape index (κ2) is 7.67. The van der Waals surface area contributed by atoms with Gasteiger partial charge in [0.25, 0.3) is 0 Å². The van der Waals surface area contributed by atoms with Gasteiger partial charge in [-0.15, -0.1) is 0 Å². The molecule has 0 amide bonds. The monoisotopic (exact) mass is 333 g/mol. The van der Waals surface area contributed by atoms with Crippen LogP contribution in [0, 0.1) is 0 Å². The van der Waals surface area contributed by atoms with Crippen LogP contribution in [0.2, 0.25) is 5.02 Å². The zero-order chi connectivity index (χ0) is 13.5. The lowest BCUT2D eigenvalue weighted by molar-refractivity contribution is 0.325. The van der Waals surface area contributed by atoms with Crippen molar-refractivity contribution >= 4 is 27.5 Å². The minimum atomic E-state index is 0.350. The summed E-state index contributed by atoms with van der Waals surface area (Å²) in [6.07, 6.45) is 0. The average Bonchev–Trinajstić information content (AvgIpc) is 2.34. The first-order valence-corrected chi connectivity index (χ1v) is 6.78. The Hall–Kier alpha value is -0.710. The highest BCUT2D eigenvalue weighted by molar-refractivity contribution is 9.11. The second-order valence-corrected chi connectivity index (χ2v) is 5.22. The van der Waals surface area contributed by atoms with Crippen LogP contribution in [0.15, 0.2) is 23.2 Å². The van der Waals surface area contributed by atoms with Gasteiger partial charge in [0.05, 0.1) is 12.1 Å². The van der Waals surface area contributed by atoms with Crippen LogP contribution < -0.4 is 14.8 Å². The van der Waals surface area contributed by atoms with E-state index in [0.29, 0.717) is 23.1 Å². The van der Waals surface area contributed by atoms with Crippen molar-refractivity contribution in [1.82, 2.24) is 5.32 Å². The summed E-state index contributed by atoms with van der Waals surface area (Å²) >= 11 is 9.44. The summed E-state index contributed by atoms with van der Waals surface area (Å²) in [4.78, 5) is 0. The molecule has 0 aliphatic rings. The van der Waals surface area contributed by atoms with E-state index in [1.807, 2.05) is 12.1 Å². The van der Waals surface area contributed by atoms with Gasteiger partial charge in [0.1, 0.15) is 6.61 Å². The molecule has 0 fully saturated rings. The lowest BCUT2D eigenvalue weighted by atomic mass is 10.2. The predicted octanol–water partition coefficient (Wildman–Crippen LogP) is 3.75. The van der Waals surface area contributed by atoms with Gasteiger partial charge in [0.15, 0.2) is 11.5 Å². The lowest BCUT2D eigenvalue weighted by Gasteiger charge is -2.14. The molecule has 0 heterocycles. The predicted molar refractivity (Wildman–Crippen MR) is 78.9 cm³/mol. The molecule has 0 aliphatic heterocycles. The number of benzene rings is 1. The Kier molecular flexibility index (Phi) is 6.54. The molecular formula is C13H17BrClNO2. The van der Waals surface area contributed by atoms with Gasteiger partial charge in [0, 0.05) is 11.0 Å². The molecule has 0 aliphatic carbocycles. The van der Waals surface area contributed by atoms with Crippen molar-refractivity contribution in [2.75, 3.05) is 20.3 Å². The molecule has 0 radical (unpaired) electrons. The highest BCUT2D eigenvalue weighted by Crippen LogP contribution is 2.36. The summed E-state index contributed by atoms with van der Waals surface area (Å²) in [5.74, 6) is 1.17. The fraction of sp³-hybridized carbons (Fsp3) is 0.385. The molecule has 0 saturated heterocycles. The Morgan fingerprint density at radius 1 is 1.50 bits per heavy atom. The maximum atomic E-state index is 6.20. The zero-order valence-corrected chi connectivity index (χ0v) is 12.9. The standard InChI is InChI=1S/C13H17BrClNO2/c1-4-16-7-10-5-11(15)13(12(6-10)17-3)18-8-9(2)14/h5-6,16H,2,4,7-8H2,1,3H3. The highest BCUT2D eigenvalue weighted by Gasteiger charge is 2.12.